The number of rotatable bonds is 5. The van der Waals surface area contributed by atoms with Crippen LogP contribution in [0.25, 0.3) is 10.2 Å². The quantitative estimate of drug-likeness (QED) is 0.712. The molecule has 0 aliphatic carbocycles. The molecule has 0 bridgehead atoms. The molecule has 0 radical (unpaired) electrons. The van der Waals surface area contributed by atoms with Crippen molar-refractivity contribution in [3.63, 3.8) is 0 Å². The highest BCUT2D eigenvalue weighted by atomic mass is 32.2. The van der Waals surface area contributed by atoms with Gasteiger partial charge in [-0.3, -0.25) is 14.5 Å². The minimum Gasteiger partial charge on any atom is -0.369 e. The number of carbonyl (C=O) groups is 2. The van der Waals surface area contributed by atoms with E-state index >= 15 is 0 Å². The van der Waals surface area contributed by atoms with Gasteiger partial charge >= 0.3 is 0 Å². The second-order valence-electron chi connectivity index (χ2n) is 5.08. The van der Waals surface area contributed by atoms with Gasteiger partial charge < -0.3 is 5.73 Å². The lowest BCUT2D eigenvalue weighted by atomic mass is 10.2. The van der Waals surface area contributed by atoms with Crippen molar-refractivity contribution < 1.29 is 9.59 Å². The Bertz CT molecular complexity index is 874. The van der Waals surface area contributed by atoms with Gasteiger partial charge in [-0.25, -0.2) is 4.98 Å². The van der Waals surface area contributed by atoms with Crippen LogP contribution in [0.1, 0.15) is 10.4 Å². The van der Waals surface area contributed by atoms with Crippen molar-refractivity contribution in [3.8, 4) is 0 Å². The summed E-state index contributed by atoms with van der Waals surface area (Å²) >= 11 is 2.73. The van der Waals surface area contributed by atoms with Gasteiger partial charge in [0, 0.05) is 11.9 Å². The summed E-state index contributed by atoms with van der Waals surface area (Å²) in [5.41, 5.74) is 6.60. The van der Waals surface area contributed by atoms with E-state index in [0.717, 1.165) is 15.1 Å². The van der Waals surface area contributed by atoms with Crippen LogP contribution < -0.4 is 10.6 Å². The van der Waals surface area contributed by atoms with E-state index in [9.17, 15) is 9.59 Å². The van der Waals surface area contributed by atoms with Gasteiger partial charge in [-0.15, -0.1) is 11.8 Å². The molecule has 2 aromatic carbocycles. The normalized spacial score (nSPS) is 10.7. The molecule has 0 unspecified atom stereocenters. The van der Waals surface area contributed by atoms with E-state index in [4.69, 9.17) is 5.73 Å². The number of benzene rings is 2. The van der Waals surface area contributed by atoms with Crippen LogP contribution in [0, 0.1) is 0 Å². The first-order valence-corrected chi connectivity index (χ1v) is 9.00. The van der Waals surface area contributed by atoms with Crippen molar-refractivity contribution in [1.82, 2.24) is 4.98 Å². The van der Waals surface area contributed by atoms with Crippen molar-refractivity contribution in [2.75, 3.05) is 17.7 Å². The molecule has 122 valence electrons. The van der Waals surface area contributed by atoms with Gasteiger partial charge in [0.1, 0.15) is 0 Å². The highest BCUT2D eigenvalue weighted by Crippen LogP contribution is 2.30. The van der Waals surface area contributed by atoms with E-state index in [0.29, 0.717) is 10.7 Å². The number of fused-ring (bicyclic) bond motifs is 1. The molecule has 24 heavy (non-hydrogen) atoms. The predicted molar refractivity (Wildman–Crippen MR) is 98.7 cm³/mol. The van der Waals surface area contributed by atoms with E-state index in [1.54, 1.807) is 19.2 Å². The first-order valence-electron chi connectivity index (χ1n) is 7.20. The molecular formula is C17H15N3O2S2. The number of primary amides is 1. The maximum atomic E-state index is 12.9. The van der Waals surface area contributed by atoms with Gasteiger partial charge in [0.15, 0.2) is 5.13 Å². The third kappa shape index (κ3) is 3.42. The van der Waals surface area contributed by atoms with Crippen molar-refractivity contribution in [1.29, 1.82) is 0 Å². The molecule has 0 aliphatic rings. The number of thiazole rings is 1. The average molecular weight is 357 g/mol. The Morgan fingerprint density at radius 3 is 2.62 bits per heavy atom. The average Bonchev–Trinajstić information content (AvgIpc) is 3.03. The molecule has 0 fully saturated rings. The van der Waals surface area contributed by atoms with Crippen molar-refractivity contribution in [2.45, 2.75) is 4.90 Å². The summed E-state index contributed by atoms with van der Waals surface area (Å²) in [7, 11) is 1.70. The van der Waals surface area contributed by atoms with Crippen LogP contribution in [0.2, 0.25) is 0 Å². The Hall–Kier alpha value is -2.38. The smallest absolute Gasteiger partial charge is 0.260 e. The van der Waals surface area contributed by atoms with Crippen LogP contribution in [0.4, 0.5) is 5.13 Å². The maximum Gasteiger partial charge on any atom is 0.260 e. The summed E-state index contributed by atoms with van der Waals surface area (Å²) in [5, 5.41) is 0.635. The van der Waals surface area contributed by atoms with Crippen LogP contribution in [-0.4, -0.2) is 29.6 Å². The van der Waals surface area contributed by atoms with Gasteiger partial charge in [-0.2, -0.15) is 0 Å². The van der Waals surface area contributed by atoms with Gasteiger partial charge in [0.05, 0.1) is 21.5 Å². The number of hydrogen-bond donors (Lipinski definition) is 1. The lowest BCUT2D eigenvalue weighted by Crippen LogP contribution is -2.26. The fourth-order valence-corrected chi connectivity index (χ4v) is 3.90. The topological polar surface area (TPSA) is 76.3 Å². The number of hydrogen-bond acceptors (Lipinski definition) is 5. The minimum absolute atomic E-state index is 0.134. The third-order valence-electron chi connectivity index (χ3n) is 3.36. The Morgan fingerprint density at radius 2 is 1.88 bits per heavy atom. The monoisotopic (exact) mass is 357 g/mol. The minimum atomic E-state index is -0.415. The molecule has 3 aromatic rings. The number of aromatic nitrogens is 1. The van der Waals surface area contributed by atoms with Crippen LogP contribution in [-0.2, 0) is 4.79 Å². The molecule has 2 amide bonds. The van der Waals surface area contributed by atoms with Crippen molar-refractivity contribution in [2.24, 2.45) is 5.73 Å². The SMILES string of the molecule is CN(C(=O)c1ccccc1SCC(N)=O)c1nc2ccccc2s1. The second kappa shape index (κ2) is 7.02. The molecule has 0 spiro atoms. The van der Waals surface area contributed by atoms with Crippen molar-refractivity contribution in [3.05, 3.63) is 54.1 Å². The number of amides is 2. The summed E-state index contributed by atoms with van der Waals surface area (Å²) in [6, 6.07) is 15.0. The molecule has 0 atom stereocenters. The summed E-state index contributed by atoms with van der Waals surface area (Å²) in [6.45, 7) is 0. The van der Waals surface area contributed by atoms with E-state index in [2.05, 4.69) is 4.98 Å². The fourth-order valence-electron chi connectivity index (χ4n) is 2.19. The van der Waals surface area contributed by atoms with E-state index < -0.39 is 5.91 Å². The molecule has 1 heterocycles. The molecule has 7 heteroatoms. The van der Waals surface area contributed by atoms with E-state index in [1.807, 2.05) is 36.4 Å². The first-order chi connectivity index (χ1) is 11.6. The molecule has 2 N–H and O–H groups in total. The number of anilines is 1. The highest BCUT2D eigenvalue weighted by Gasteiger charge is 2.20. The van der Waals surface area contributed by atoms with Gasteiger partial charge in [-0.1, -0.05) is 35.6 Å². The summed E-state index contributed by atoms with van der Waals surface area (Å²) < 4.78 is 1.03. The zero-order valence-electron chi connectivity index (χ0n) is 12.9. The Labute approximate surface area is 147 Å². The number of carbonyl (C=O) groups excluding carboxylic acids is 2. The maximum absolute atomic E-state index is 12.9. The largest absolute Gasteiger partial charge is 0.369 e. The number of thioether (sulfide) groups is 1. The Balaban J connectivity index is 1.89. The lowest BCUT2D eigenvalue weighted by molar-refractivity contribution is -0.115. The Kier molecular flexibility index (Phi) is 4.82. The van der Waals surface area contributed by atoms with Crippen LogP contribution in [0.5, 0.6) is 0 Å². The highest BCUT2D eigenvalue weighted by molar-refractivity contribution is 8.00. The van der Waals surface area contributed by atoms with E-state index in [-0.39, 0.29) is 11.7 Å². The Morgan fingerprint density at radius 1 is 1.17 bits per heavy atom. The summed E-state index contributed by atoms with van der Waals surface area (Å²) in [4.78, 5) is 30.6. The standard InChI is InChI=1S/C17H15N3O2S2/c1-20(17-19-12-7-3-5-9-14(12)24-17)16(22)11-6-2-4-8-13(11)23-10-15(18)21/h2-9H,10H2,1H3,(H2,18,21). The molecule has 1 aromatic heterocycles. The first kappa shape index (κ1) is 16.5. The van der Waals surface area contributed by atoms with Crippen LogP contribution >= 0.6 is 23.1 Å². The molecule has 3 rings (SSSR count). The zero-order valence-corrected chi connectivity index (χ0v) is 14.6. The van der Waals surface area contributed by atoms with Gasteiger partial charge in [0.2, 0.25) is 5.91 Å². The number of nitrogens with zero attached hydrogens (tertiary/aromatic N) is 2. The number of para-hydroxylation sites is 1. The molecular weight excluding hydrogens is 342 g/mol. The van der Waals surface area contributed by atoms with Crippen LogP contribution in [0.3, 0.4) is 0 Å². The van der Waals surface area contributed by atoms with Gasteiger partial charge in [-0.05, 0) is 24.3 Å². The molecule has 0 aliphatic heterocycles. The lowest BCUT2D eigenvalue weighted by Gasteiger charge is -2.15. The van der Waals surface area contributed by atoms with Gasteiger partial charge in [0.25, 0.3) is 5.91 Å². The second-order valence-corrected chi connectivity index (χ2v) is 7.11. The molecule has 5 nitrogen and oxygen atoms in total. The molecule has 0 saturated heterocycles. The fraction of sp³-hybridized carbons (Fsp3) is 0.118. The van der Waals surface area contributed by atoms with E-state index in [1.165, 1.54) is 28.0 Å². The third-order valence-corrected chi connectivity index (χ3v) is 5.57. The van der Waals surface area contributed by atoms with Crippen LogP contribution in [0.15, 0.2) is 53.4 Å². The predicted octanol–water partition coefficient (Wildman–Crippen LogP) is 3.15. The molecule has 0 saturated carbocycles. The summed E-state index contributed by atoms with van der Waals surface area (Å²) in [6.07, 6.45) is 0. The summed E-state index contributed by atoms with van der Waals surface area (Å²) in [5.74, 6) is -0.446. The van der Waals surface area contributed by atoms with Crippen molar-refractivity contribution >= 4 is 50.3 Å². The zero-order chi connectivity index (χ0) is 17.1. The number of nitrogens with two attached hydrogens (primary N) is 1.